The van der Waals surface area contributed by atoms with E-state index in [0.717, 1.165) is 0 Å². The van der Waals surface area contributed by atoms with E-state index >= 15 is 0 Å². The molecule has 428 valence electrons. The zero-order chi connectivity index (χ0) is 59.5. The molecule has 0 aliphatic carbocycles. The van der Waals surface area contributed by atoms with Crippen LogP contribution in [0.2, 0.25) is 0 Å². The highest BCUT2D eigenvalue weighted by atomic mass is 16.6. The van der Waals surface area contributed by atoms with Gasteiger partial charge in [-0.2, -0.15) is 0 Å². The number of rotatable bonds is 24. The highest BCUT2D eigenvalue weighted by molar-refractivity contribution is 6.13. The minimum absolute atomic E-state index is 0.0476. The van der Waals surface area contributed by atoms with Crippen molar-refractivity contribution in [1.29, 1.82) is 0 Å². The Kier molecular flexibility index (Phi) is 23.4. The molecule has 0 saturated carbocycles. The van der Waals surface area contributed by atoms with E-state index in [-0.39, 0.29) is 37.6 Å². The zero-order valence-corrected chi connectivity index (χ0v) is 46.1. The van der Waals surface area contributed by atoms with E-state index in [1.54, 1.807) is 196 Å². The number of hydrogen-bond acceptors (Lipinski definition) is 14. The lowest BCUT2D eigenvalue weighted by Crippen LogP contribution is -2.52. The van der Waals surface area contributed by atoms with E-state index in [9.17, 15) is 38.4 Å². The van der Waals surface area contributed by atoms with Gasteiger partial charge in [-0.25, -0.2) is 19.2 Å². The van der Waals surface area contributed by atoms with Gasteiger partial charge in [0.2, 0.25) is 0 Å². The van der Waals surface area contributed by atoms with Gasteiger partial charge in [-0.1, -0.05) is 243 Å². The van der Waals surface area contributed by atoms with Crippen LogP contribution in [-0.4, -0.2) is 72.9 Å². The second-order valence-electron chi connectivity index (χ2n) is 18.6. The summed E-state index contributed by atoms with van der Waals surface area (Å²) in [6.07, 6.45) is -3.78. The minimum atomic E-state index is -1.77. The Balaban J connectivity index is 0.000000241. The molecule has 0 spiro atoms. The molecule has 16 nitrogen and oxygen atoms in total. The number of hydrogen-bond donors (Lipinski definition) is 2. The first kappa shape index (κ1) is 61.1. The number of carbonyl (C=O) groups excluding carboxylic acids is 8. The van der Waals surface area contributed by atoms with E-state index in [2.05, 4.69) is 10.6 Å². The van der Waals surface area contributed by atoms with Crippen molar-refractivity contribution in [3.05, 3.63) is 287 Å². The molecule has 4 atom stereocenters. The van der Waals surface area contributed by atoms with E-state index in [0.29, 0.717) is 33.4 Å². The molecule has 0 aromatic heterocycles. The van der Waals surface area contributed by atoms with Crippen LogP contribution in [0.5, 0.6) is 0 Å². The Bertz CT molecular complexity index is 3070. The van der Waals surface area contributed by atoms with Crippen LogP contribution in [0.15, 0.2) is 243 Å². The van der Waals surface area contributed by atoms with Crippen LogP contribution in [0, 0.1) is 11.8 Å². The largest absolute Gasteiger partial charge is 0.464 e. The molecule has 8 rings (SSSR count). The third-order valence-corrected chi connectivity index (χ3v) is 12.8. The molecule has 8 aromatic carbocycles. The molecule has 0 aliphatic heterocycles. The van der Waals surface area contributed by atoms with Crippen LogP contribution in [0.3, 0.4) is 0 Å². The fourth-order valence-electron chi connectivity index (χ4n) is 8.70. The van der Waals surface area contributed by atoms with Crippen molar-refractivity contribution in [2.75, 3.05) is 13.2 Å². The third kappa shape index (κ3) is 17.8. The Morgan fingerprint density at radius 2 is 0.571 bits per heavy atom. The molecule has 84 heavy (non-hydrogen) atoms. The third-order valence-electron chi connectivity index (χ3n) is 12.8. The maximum absolute atomic E-state index is 14.0. The summed E-state index contributed by atoms with van der Waals surface area (Å²) >= 11 is 0. The molecule has 2 N–H and O–H groups in total. The van der Waals surface area contributed by atoms with E-state index < -0.39 is 83.8 Å². The molecular formula is C68H62N2O14. The van der Waals surface area contributed by atoms with Crippen LogP contribution in [-0.2, 0) is 60.8 Å². The summed E-state index contributed by atoms with van der Waals surface area (Å²) < 4.78 is 33.0. The van der Waals surface area contributed by atoms with Crippen LogP contribution < -0.4 is 10.6 Å². The number of amides is 2. The van der Waals surface area contributed by atoms with Gasteiger partial charge in [0.25, 0.3) is 0 Å². The van der Waals surface area contributed by atoms with Gasteiger partial charge in [0.1, 0.15) is 13.2 Å². The number of ether oxygens (including phenoxy) is 6. The maximum Gasteiger partial charge on any atom is 0.408 e. The van der Waals surface area contributed by atoms with Gasteiger partial charge < -0.3 is 39.1 Å². The van der Waals surface area contributed by atoms with Crippen molar-refractivity contribution < 1.29 is 66.8 Å². The molecule has 0 radical (unpaired) electrons. The van der Waals surface area contributed by atoms with Gasteiger partial charge in [-0.15, -0.1) is 0 Å². The monoisotopic (exact) mass is 1130 g/mol. The fraction of sp³-hybridized carbons (Fsp3) is 0.176. The highest BCUT2D eigenvalue weighted by Crippen LogP contribution is 2.31. The molecule has 0 fully saturated rings. The smallest absolute Gasteiger partial charge is 0.408 e. The van der Waals surface area contributed by atoms with Gasteiger partial charge in [-0.3, -0.25) is 19.2 Å². The summed E-state index contributed by atoms with van der Waals surface area (Å²) in [5, 5.41) is 4.80. The topological polar surface area (TPSA) is 216 Å². The predicted octanol–water partition coefficient (Wildman–Crippen LogP) is 11.4. The molecule has 0 heterocycles. The summed E-state index contributed by atoms with van der Waals surface area (Å²) in [5.41, 5.74) is 4.37. The first-order valence-corrected chi connectivity index (χ1v) is 27.0. The Hall–Kier alpha value is -10.5. The molecule has 0 saturated heterocycles. The number of esters is 4. The first-order valence-electron chi connectivity index (χ1n) is 27.0. The van der Waals surface area contributed by atoms with Gasteiger partial charge in [0.15, 0.2) is 47.7 Å². The SMILES string of the molecule is CCOC(=O)[C@@H](NC(=O)OCc1ccccc1)[C@H](C(=O)OC(c1ccccc1)c1ccccc1)C(=O)c1ccccc1.CCOC(=O)[C@@H](NC(=O)OCc1ccccc1)[C@H](C(=O)OC(c1ccccc1)c1ccccc1)C(=O)c1ccccc1. The number of Topliss-reactive ketones (excluding diaryl/α,β-unsaturated/α-hetero) is 2. The second kappa shape index (κ2) is 32.1. The van der Waals surface area contributed by atoms with Gasteiger partial charge in [-0.05, 0) is 47.2 Å². The lowest BCUT2D eigenvalue weighted by atomic mass is 9.90. The average Bonchev–Trinajstić information content (AvgIpc) is 3.21. The summed E-state index contributed by atoms with van der Waals surface area (Å²) in [7, 11) is 0. The average molecular weight is 1130 g/mol. The van der Waals surface area contributed by atoms with Gasteiger partial charge in [0.05, 0.1) is 13.2 Å². The maximum atomic E-state index is 14.0. The molecule has 0 aliphatic rings. The van der Waals surface area contributed by atoms with Crippen LogP contribution in [0.4, 0.5) is 9.59 Å². The number of benzene rings is 8. The molecule has 8 aromatic rings. The Morgan fingerprint density at radius 1 is 0.321 bits per heavy atom. The van der Waals surface area contributed by atoms with E-state index in [4.69, 9.17) is 28.4 Å². The molecule has 2 amide bonds. The number of alkyl carbamates (subject to hydrolysis) is 2. The Labute approximate surface area is 486 Å². The lowest BCUT2D eigenvalue weighted by Gasteiger charge is -2.27. The number of nitrogens with one attached hydrogen (secondary N) is 2. The molecular weight excluding hydrogens is 1070 g/mol. The van der Waals surface area contributed by atoms with Crippen molar-refractivity contribution in [2.24, 2.45) is 11.8 Å². The van der Waals surface area contributed by atoms with Crippen LogP contribution in [0.25, 0.3) is 0 Å². The summed E-state index contributed by atoms with van der Waals surface area (Å²) in [5.74, 6) is -8.96. The summed E-state index contributed by atoms with van der Waals surface area (Å²) in [4.78, 5) is 108. The first-order chi connectivity index (χ1) is 40.9. The summed E-state index contributed by atoms with van der Waals surface area (Å²) in [6, 6.07) is 66.5. The molecule has 0 unspecified atom stereocenters. The number of ketones is 2. The lowest BCUT2D eigenvalue weighted by molar-refractivity contribution is -0.158. The van der Waals surface area contributed by atoms with E-state index in [1.165, 1.54) is 24.3 Å². The Morgan fingerprint density at radius 3 is 0.833 bits per heavy atom. The minimum Gasteiger partial charge on any atom is -0.464 e. The van der Waals surface area contributed by atoms with Crippen molar-refractivity contribution >= 4 is 47.6 Å². The van der Waals surface area contributed by atoms with Crippen LogP contribution in [0.1, 0.15) is 80.2 Å². The van der Waals surface area contributed by atoms with Gasteiger partial charge in [0, 0.05) is 11.1 Å². The predicted molar refractivity (Wildman–Crippen MR) is 311 cm³/mol. The molecule has 0 bridgehead atoms. The van der Waals surface area contributed by atoms with Crippen molar-refractivity contribution in [3.8, 4) is 0 Å². The normalized spacial score (nSPS) is 12.0. The van der Waals surface area contributed by atoms with E-state index in [1.807, 2.05) is 36.4 Å². The van der Waals surface area contributed by atoms with Crippen molar-refractivity contribution in [2.45, 2.75) is 51.4 Å². The highest BCUT2D eigenvalue weighted by Gasteiger charge is 2.46. The van der Waals surface area contributed by atoms with Crippen molar-refractivity contribution in [3.63, 3.8) is 0 Å². The van der Waals surface area contributed by atoms with Crippen molar-refractivity contribution in [1.82, 2.24) is 10.6 Å². The quantitative estimate of drug-likeness (QED) is 0.0249. The number of carbonyl (C=O) groups is 8. The molecule has 16 heteroatoms. The zero-order valence-electron chi connectivity index (χ0n) is 46.1. The fourth-order valence-corrected chi connectivity index (χ4v) is 8.70. The summed E-state index contributed by atoms with van der Waals surface area (Å²) in [6.45, 7) is 2.88. The van der Waals surface area contributed by atoms with Crippen LogP contribution >= 0.6 is 0 Å². The second-order valence-corrected chi connectivity index (χ2v) is 18.6. The van der Waals surface area contributed by atoms with Gasteiger partial charge >= 0.3 is 36.1 Å². The standard InChI is InChI=1S/2C34H31NO7/c2*1-2-40-33(38)29(35-34(39)41-23-24-15-7-3-8-16-24)28(30(36)25-17-9-4-10-18-25)32(37)42-31(26-19-11-5-12-20-26)27-21-13-6-14-22-27/h2*3-22,28-29,31H,2,23H2,1H3,(H,35,39)/t2*28-,29-/m00/s1.